The van der Waals surface area contributed by atoms with E-state index in [-0.39, 0.29) is 29.9 Å². The van der Waals surface area contributed by atoms with Crippen molar-refractivity contribution in [3.8, 4) is 0 Å². The zero-order chi connectivity index (χ0) is 21.3. The van der Waals surface area contributed by atoms with Gasteiger partial charge in [-0.3, -0.25) is 9.79 Å². The van der Waals surface area contributed by atoms with Gasteiger partial charge in [0.15, 0.2) is 5.96 Å². The molecule has 0 heterocycles. The van der Waals surface area contributed by atoms with E-state index in [9.17, 15) is 4.79 Å². The molecule has 0 bridgehead atoms. The van der Waals surface area contributed by atoms with Crippen LogP contribution in [0, 0.1) is 0 Å². The molecule has 0 unspecified atom stereocenters. The van der Waals surface area contributed by atoms with Crippen LogP contribution in [0.1, 0.15) is 67.8 Å². The minimum Gasteiger partial charge on any atom is -0.381 e. The van der Waals surface area contributed by atoms with Crippen LogP contribution >= 0.6 is 24.0 Å². The number of amides is 1. The maximum Gasteiger partial charge on any atom is 0.253 e. The topological polar surface area (TPSA) is 66.0 Å². The Balaban J connectivity index is 0.00000841. The molecule has 0 aromatic heterocycles. The number of rotatable bonds is 14. The van der Waals surface area contributed by atoms with E-state index in [0.717, 1.165) is 37.7 Å². The predicted octanol–water partition coefficient (Wildman–Crippen LogP) is 4.44. The van der Waals surface area contributed by atoms with E-state index in [1.54, 1.807) is 26.0 Å². The molecule has 30 heavy (non-hydrogen) atoms. The molecule has 1 amide bonds. The van der Waals surface area contributed by atoms with Gasteiger partial charge in [0, 0.05) is 53.0 Å². The number of carbonyl (C=O) groups excluding carboxylic acids is 1. The number of carbonyl (C=O) groups is 1. The molecule has 6 nitrogen and oxygen atoms in total. The zero-order valence-electron chi connectivity index (χ0n) is 19.2. The monoisotopic (exact) mass is 532 g/mol. The summed E-state index contributed by atoms with van der Waals surface area (Å²) in [6.07, 6.45) is 8.73. The van der Waals surface area contributed by atoms with Crippen LogP contribution in [-0.2, 0) is 11.3 Å². The molecule has 1 rings (SSSR count). The fourth-order valence-corrected chi connectivity index (χ4v) is 2.90. The third-order valence-electron chi connectivity index (χ3n) is 4.69. The Bertz CT molecular complexity index is 591. The van der Waals surface area contributed by atoms with Crippen molar-refractivity contribution in [1.29, 1.82) is 0 Å². The van der Waals surface area contributed by atoms with Crippen LogP contribution in [0.25, 0.3) is 0 Å². The van der Waals surface area contributed by atoms with Crippen LogP contribution in [0.3, 0.4) is 0 Å². The van der Waals surface area contributed by atoms with Gasteiger partial charge in [-0.1, -0.05) is 51.2 Å². The lowest BCUT2D eigenvalue weighted by molar-refractivity contribution is 0.0827. The molecule has 0 fully saturated rings. The summed E-state index contributed by atoms with van der Waals surface area (Å²) in [5.41, 5.74) is 1.80. The molecule has 1 aromatic carbocycles. The van der Waals surface area contributed by atoms with Crippen molar-refractivity contribution in [2.24, 2.45) is 4.99 Å². The molecule has 7 heteroatoms. The Morgan fingerprint density at radius 2 is 1.60 bits per heavy atom. The normalized spacial score (nSPS) is 11.0. The van der Waals surface area contributed by atoms with Gasteiger partial charge in [-0.25, -0.2) is 0 Å². The molecule has 0 aliphatic carbocycles. The predicted molar refractivity (Wildman–Crippen MR) is 137 cm³/mol. The summed E-state index contributed by atoms with van der Waals surface area (Å²) >= 11 is 0. The van der Waals surface area contributed by atoms with E-state index >= 15 is 0 Å². The van der Waals surface area contributed by atoms with E-state index in [0.29, 0.717) is 12.1 Å². The SMILES string of the molecule is CCCCCCCCOCCCNC(=NC)NCc1ccc(C(=O)N(C)C)cc1.I. The summed E-state index contributed by atoms with van der Waals surface area (Å²) in [5, 5.41) is 6.60. The average molecular weight is 533 g/mol. The van der Waals surface area contributed by atoms with E-state index in [1.807, 2.05) is 24.3 Å². The van der Waals surface area contributed by atoms with Gasteiger partial charge >= 0.3 is 0 Å². The highest BCUT2D eigenvalue weighted by Gasteiger charge is 2.07. The number of guanidine groups is 1. The third kappa shape index (κ3) is 13.1. The Morgan fingerprint density at radius 1 is 0.967 bits per heavy atom. The molecule has 0 spiro atoms. The minimum absolute atomic E-state index is 0. The van der Waals surface area contributed by atoms with Crippen LogP contribution in [0.5, 0.6) is 0 Å². The zero-order valence-corrected chi connectivity index (χ0v) is 21.5. The molecule has 1 aromatic rings. The van der Waals surface area contributed by atoms with Gasteiger partial charge in [-0.15, -0.1) is 24.0 Å². The van der Waals surface area contributed by atoms with E-state index in [2.05, 4.69) is 22.5 Å². The molecule has 0 saturated carbocycles. The third-order valence-corrected chi connectivity index (χ3v) is 4.69. The first-order valence-electron chi connectivity index (χ1n) is 10.9. The van der Waals surface area contributed by atoms with Crippen LogP contribution in [0.4, 0.5) is 0 Å². The van der Waals surface area contributed by atoms with Crippen LogP contribution in [0.15, 0.2) is 29.3 Å². The highest BCUT2D eigenvalue weighted by atomic mass is 127. The van der Waals surface area contributed by atoms with Gasteiger partial charge in [0.2, 0.25) is 0 Å². The molecule has 0 saturated heterocycles. The van der Waals surface area contributed by atoms with E-state index < -0.39 is 0 Å². The fourth-order valence-electron chi connectivity index (χ4n) is 2.90. The quantitative estimate of drug-likeness (QED) is 0.161. The Morgan fingerprint density at radius 3 is 2.23 bits per heavy atom. The first-order chi connectivity index (χ1) is 14.1. The molecule has 0 aliphatic heterocycles. The highest BCUT2D eigenvalue weighted by Crippen LogP contribution is 2.06. The summed E-state index contributed by atoms with van der Waals surface area (Å²) in [7, 11) is 5.28. The molecule has 0 radical (unpaired) electrons. The lowest BCUT2D eigenvalue weighted by Crippen LogP contribution is -2.37. The molecule has 0 aliphatic rings. The number of benzene rings is 1. The molecule has 0 atom stereocenters. The van der Waals surface area contributed by atoms with Gasteiger partial charge < -0.3 is 20.3 Å². The van der Waals surface area contributed by atoms with Crippen molar-refractivity contribution in [1.82, 2.24) is 15.5 Å². The number of hydrogen-bond donors (Lipinski definition) is 2. The van der Waals surface area contributed by atoms with Crippen molar-refractivity contribution >= 4 is 35.8 Å². The molecular weight excluding hydrogens is 491 g/mol. The van der Waals surface area contributed by atoms with Gasteiger partial charge in [0.05, 0.1) is 0 Å². The highest BCUT2D eigenvalue weighted by molar-refractivity contribution is 14.0. The summed E-state index contributed by atoms with van der Waals surface area (Å²) in [6, 6.07) is 7.65. The smallest absolute Gasteiger partial charge is 0.253 e. The van der Waals surface area contributed by atoms with Crippen molar-refractivity contribution in [2.45, 2.75) is 58.4 Å². The number of hydrogen-bond acceptors (Lipinski definition) is 3. The van der Waals surface area contributed by atoms with Crippen molar-refractivity contribution in [2.75, 3.05) is 40.9 Å². The number of nitrogens with zero attached hydrogens (tertiary/aromatic N) is 2. The van der Waals surface area contributed by atoms with Gasteiger partial charge in [0.1, 0.15) is 0 Å². The standard InChI is InChI=1S/C23H40N4O2.HI/c1-5-6-7-8-9-10-17-29-18-11-16-25-23(24-2)26-19-20-12-14-21(15-13-20)22(28)27(3)4;/h12-15H,5-11,16-19H2,1-4H3,(H2,24,25,26);1H. The number of nitrogens with one attached hydrogen (secondary N) is 2. The van der Waals surface area contributed by atoms with Gasteiger partial charge in [0.25, 0.3) is 5.91 Å². The lowest BCUT2D eigenvalue weighted by atomic mass is 10.1. The lowest BCUT2D eigenvalue weighted by Gasteiger charge is -2.13. The number of unbranched alkanes of at least 4 members (excludes halogenated alkanes) is 5. The van der Waals surface area contributed by atoms with E-state index in [4.69, 9.17) is 4.74 Å². The minimum atomic E-state index is 0. The molecular formula is C23H41IN4O2. The largest absolute Gasteiger partial charge is 0.381 e. The maximum atomic E-state index is 11.9. The summed E-state index contributed by atoms with van der Waals surface area (Å²) < 4.78 is 5.70. The van der Waals surface area contributed by atoms with Gasteiger partial charge in [-0.05, 0) is 30.5 Å². The summed E-state index contributed by atoms with van der Waals surface area (Å²) in [5.74, 6) is 0.787. The first-order valence-corrected chi connectivity index (χ1v) is 10.9. The summed E-state index contributed by atoms with van der Waals surface area (Å²) in [4.78, 5) is 17.7. The van der Waals surface area contributed by atoms with Crippen LogP contribution in [-0.4, -0.2) is 57.7 Å². The molecule has 2 N–H and O–H groups in total. The number of aliphatic imine (C=N–C) groups is 1. The number of halogens is 1. The fraction of sp³-hybridized carbons (Fsp3) is 0.652. The van der Waals surface area contributed by atoms with E-state index in [1.165, 1.54) is 38.5 Å². The maximum absolute atomic E-state index is 11.9. The second-order valence-corrected chi connectivity index (χ2v) is 7.48. The second-order valence-electron chi connectivity index (χ2n) is 7.48. The van der Waals surface area contributed by atoms with Crippen molar-refractivity contribution < 1.29 is 9.53 Å². The van der Waals surface area contributed by atoms with Crippen LogP contribution < -0.4 is 10.6 Å². The van der Waals surface area contributed by atoms with Crippen molar-refractivity contribution in [3.05, 3.63) is 35.4 Å². The first kappa shape index (κ1) is 28.6. The van der Waals surface area contributed by atoms with Gasteiger partial charge in [-0.2, -0.15) is 0 Å². The Kier molecular flexibility index (Phi) is 17.6. The van der Waals surface area contributed by atoms with Crippen molar-refractivity contribution in [3.63, 3.8) is 0 Å². The second kappa shape index (κ2) is 18.4. The Labute approximate surface area is 200 Å². The molecule has 172 valence electrons. The number of ether oxygens (including phenoxy) is 1. The van der Waals surface area contributed by atoms with Crippen LogP contribution in [0.2, 0.25) is 0 Å². The Hall–Kier alpha value is -1.35. The summed E-state index contributed by atoms with van der Waals surface area (Å²) in [6.45, 7) is 5.37. The average Bonchev–Trinajstić information content (AvgIpc) is 2.74.